The summed E-state index contributed by atoms with van der Waals surface area (Å²) in [6.45, 7) is 1.50. The third-order valence-corrected chi connectivity index (χ3v) is 12.1. The molecule has 410 valence electrons. The standard InChI is InChI=1S/C42H70N20O11S/c1-22(56-33(65)23(2)62-74(72,73)31-13-3-8-24-20-51-19-14-25(24)31)32(64)61-30(21-63)37(69)59-27(10-5-16-53-40(45)46)35(67)57-26(9-4-15-52-39(43)44)34(66)58-28(11-6-17-54-41(47)48)36(68)60-29(38(70)71)12-7-18-55-42(49)50/h3,8,13-14,19-20,22-23,26-30,62-63H,4-7,9-12,15-18,21H2,1-2H3,(H,56,65)(H,57,67)(H,58,66)(H,59,69)(H,60,68)(H,61,64)(H,70,71)(H4,43,44,52)(H4,45,46,53)(H4,47,48,54)(H4,49,50,55)/t22-,23-,26-,27-,28-,29-,30-/m0/s1. The number of nitrogens with one attached hydrogen (secondary N) is 7. The number of hydrogen-bond donors (Lipinski definition) is 17. The van der Waals surface area contributed by atoms with E-state index in [4.69, 9.17) is 45.9 Å². The van der Waals surface area contributed by atoms with Gasteiger partial charge in [-0.3, -0.25) is 53.7 Å². The quantitative estimate of drug-likeness (QED) is 0.0179. The van der Waals surface area contributed by atoms with Gasteiger partial charge in [-0.15, -0.1) is 0 Å². The van der Waals surface area contributed by atoms with Crippen LogP contribution in [0.5, 0.6) is 0 Å². The summed E-state index contributed by atoms with van der Waals surface area (Å²) in [5, 5.41) is 35.5. The van der Waals surface area contributed by atoms with Crippen LogP contribution in [0.3, 0.4) is 0 Å². The lowest BCUT2D eigenvalue weighted by Gasteiger charge is -2.27. The van der Waals surface area contributed by atoms with Crippen molar-refractivity contribution in [1.29, 1.82) is 0 Å². The van der Waals surface area contributed by atoms with E-state index in [1.165, 1.54) is 44.4 Å². The van der Waals surface area contributed by atoms with Crippen LogP contribution in [0.4, 0.5) is 0 Å². The molecule has 1 aromatic carbocycles. The highest BCUT2D eigenvalue weighted by molar-refractivity contribution is 7.89. The van der Waals surface area contributed by atoms with Crippen molar-refractivity contribution >= 4 is 86.0 Å². The third-order valence-electron chi connectivity index (χ3n) is 10.5. The first-order valence-corrected chi connectivity index (χ1v) is 24.6. The zero-order valence-electron chi connectivity index (χ0n) is 41.0. The fourth-order valence-electron chi connectivity index (χ4n) is 6.74. The van der Waals surface area contributed by atoms with Crippen molar-refractivity contribution in [1.82, 2.24) is 41.6 Å². The lowest BCUT2D eigenvalue weighted by molar-refractivity contribution is -0.142. The smallest absolute Gasteiger partial charge is 0.326 e. The van der Waals surface area contributed by atoms with Gasteiger partial charge in [-0.1, -0.05) is 12.1 Å². The second kappa shape index (κ2) is 31.4. The molecule has 32 heteroatoms. The molecular weight excluding hydrogens is 993 g/mol. The lowest BCUT2D eigenvalue weighted by Crippen LogP contribution is -2.60. The molecule has 0 aliphatic carbocycles. The predicted molar refractivity (Wildman–Crippen MR) is 273 cm³/mol. The van der Waals surface area contributed by atoms with Crippen LogP contribution in [-0.4, -0.2) is 164 Å². The van der Waals surface area contributed by atoms with Gasteiger partial charge in [-0.2, -0.15) is 4.72 Å². The van der Waals surface area contributed by atoms with Crippen molar-refractivity contribution in [2.75, 3.05) is 32.8 Å². The van der Waals surface area contributed by atoms with E-state index in [2.05, 4.69) is 61.6 Å². The number of amides is 6. The summed E-state index contributed by atoms with van der Waals surface area (Å²) >= 11 is 0. The van der Waals surface area contributed by atoms with Gasteiger partial charge in [0, 0.05) is 49.3 Å². The molecule has 0 unspecified atom stereocenters. The van der Waals surface area contributed by atoms with E-state index in [0.29, 0.717) is 10.8 Å². The van der Waals surface area contributed by atoms with E-state index in [1.807, 2.05) is 0 Å². The summed E-state index contributed by atoms with van der Waals surface area (Å²) in [6, 6.07) is -4.34. The highest BCUT2D eigenvalue weighted by Crippen LogP contribution is 2.22. The predicted octanol–water partition coefficient (Wildman–Crippen LogP) is -6.88. The number of carboxylic acids is 1. The van der Waals surface area contributed by atoms with Crippen LogP contribution in [0, 0.1) is 0 Å². The minimum atomic E-state index is -4.27. The fourth-order valence-corrected chi connectivity index (χ4v) is 8.17. The highest BCUT2D eigenvalue weighted by atomic mass is 32.2. The third kappa shape index (κ3) is 22.5. The zero-order valence-corrected chi connectivity index (χ0v) is 41.8. The number of aliphatic carboxylic acids is 1. The number of pyridine rings is 1. The van der Waals surface area contributed by atoms with E-state index in [9.17, 15) is 52.2 Å². The molecule has 0 saturated heterocycles. The van der Waals surface area contributed by atoms with E-state index < -0.39 is 100 Å². The monoisotopic (exact) mass is 1060 g/mol. The number of hydrogen-bond acceptors (Lipinski definition) is 15. The molecule has 0 aliphatic rings. The van der Waals surface area contributed by atoms with Crippen LogP contribution in [0.25, 0.3) is 10.8 Å². The largest absolute Gasteiger partial charge is 0.480 e. The zero-order chi connectivity index (χ0) is 55.5. The molecular formula is C42H70N20O11S. The van der Waals surface area contributed by atoms with Crippen molar-refractivity contribution < 1.29 is 52.2 Å². The van der Waals surface area contributed by atoms with Crippen LogP contribution >= 0.6 is 0 Å². The molecule has 6 amide bonds. The molecule has 7 atom stereocenters. The molecule has 0 fully saturated rings. The number of carboxylic acid groups (broad SMARTS) is 1. The van der Waals surface area contributed by atoms with Gasteiger partial charge in [0.05, 0.1) is 17.5 Å². The average Bonchev–Trinajstić information content (AvgIpc) is 3.33. The van der Waals surface area contributed by atoms with Gasteiger partial charge in [0.25, 0.3) is 0 Å². The topological polar surface area (TPSA) is 549 Å². The molecule has 0 radical (unpaired) electrons. The summed E-state index contributed by atoms with van der Waals surface area (Å²) in [7, 11) is -4.27. The van der Waals surface area contributed by atoms with E-state index >= 15 is 0 Å². The first kappa shape index (κ1) is 62.0. The summed E-state index contributed by atoms with van der Waals surface area (Å²) in [5.74, 6) is -8.20. The summed E-state index contributed by atoms with van der Waals surface area (Å²) in [6.07, 6.45) is 2.74. The molecule has 74 heavy (non-hydrogen) atoms. The van der Waals surface area contributed by atoms with Crippen molar-refractivity contribution in [3.8, 4) is 0 Å². The number of aliphatic hydroxyl groups is 1. The Kier molecular flexibility index (Phi) is 26.3. The SMILES string of the molecule is C[C@H](NC(=O)[C@H](C)NS(=O)(=O)c1cccc2cnccc12)C(=O)N[C@@H](CO)C(=O)N[C@@H](CCCN=C(N)N)C(=O)N[C@@H](CCCN=C(N)N)C(=O)N[C@@H](CCCN=C(N)N)C(=O)N[C@@H](CCCN=C(N)N)C(=O)O. The molecule has 0 spiro atoms. The van der Waals surface area contributed by atoms with E-state index in [-0.39, 0.29) is 106 Å². The van der Waals surface area contributed by atoms with Crippen LogP contribution in [-0.2, 0) is 43.6 Å². The number of fused-ring (bicyclic) bond motifs is 1. The Labute approximate surface area is 426 Å². The maximum Gasteiger partial charge on any atom is 0.326 e. The van der Waals surface area contributed by atoms with Crippen molar-refractivity contribution in [3.63, 3.8) is 0 Å². The average molecular weight is 1060 g/mol. The number of rotatable bonds is 33. The van der Waals surface area contributed by atoms with Crippen molar-refractivity contribution in [2.45, 2.75) is 112 Å². The molecule has 1 aromatic heterocycles. The second-order valence-electron chi connectivity index (χ2n) is 16.5. The second-order valence-corrected chi connectivity index (χ2v) is 18.2. The number of aliphatic hydroxyl groups excluding tert-OH is 1. The molecule has 0 saturated carbocycles. The Balaban J connectivity index is 2.33. The molecule has 0 aliphatic heterocycles. The molecule has 2 aromatic rings. The van der Waals surface area contributed by atoms with Gasteiger partial charge in [-0.05, 0) is 77.3 Å². The van der Waals surface area contributed by atoms with Gasteiger partial charge in [0.1, 0.15) is 36.3 Å². The number of aromatic nitrogens is 1. The van der Waals surface area contributed by atoms with Gasteiger partial charge in [0.2, 0.25) is 45.5 Å². The number of sulfonamides is 1. The van der Waals surface area contributed by atoms with Crippen molar-refractivity contribution in [2.24, 2.45) is 65.8 Å². The normalized spacial score (nSPS) is 13.9. The van der Waals surface area contributed by atoms with Crippen LogP contribution in [0.1, 0.15) is 65.2 Å². The first-order valence-electron chi connectivity index (χ1n) is 23.1. The van der Waals surface area contributed by atoms with Gasteiger partial charge < -0.3 is 88.0 Å². The van der Waals surface area contributed by atoms with Gasteiger partial charge >= 0.3 is 5.97 Å². The number of benzene rings is 1. The van der Waals surface area contributed by atoms with Gasteiger partial charge in [0.15, 0.2) is 23.8 Å². The molecule has 1 heterocycles. The van der Waals surface area contributed by atoms with Crippen LogP contribution in [0.2, 0.25) is 0 Å². The van der Waals surface area contributed by atoms with E-state index in [0.717, 1.165) is 0 Å². The maximum absolute atomic E-state index is 14.1. The number of guanidine groups is 4. The number of nitrogens with zero attached hydrogens (tertiary/aromatic N) is 5. The minimum Gasteiger partial charge on any atom is -0.480 e. The molecule has 2 rings (SSSR count). The maximum atomic E-state index is 14.1. The Morgan fingerprint density at radius 2 is 0.919 bits per heavy atom. The number of carbonyl (C=O) groups is 7. The number of nitrogens with two attached hydrogens (primary N) is 8. The molecule has 0 bridgehead atoms. The van der Waals surface area contributed by atoms with Crippen LogP contribution in [0.15, 0.2) is 61.5 Å². The molecule has 31 nitrogen and oxygen atoms in total. The van der Waals surface area contributed by atoms with E-state index in [1.54, 1.807) is 6.07 Å². The Hall–Kier alpha value is -8.13. The summed E-state index contributed by atoms with van der Waals surface area (Å²) < 4.78 is 28.9. The summed E-state index contributed by atoms with van der Waals surface area (Å²) in [5.41, 5.74) is 43.4. The van der Waals surface area contributed by atoms with Crippen LogP contribution < -0.4 is 82.5 Å². The Morgan fingerprint density at radius 1 is 0.541 bits per heavy atom. The van der Waals surface area contributed by atoms with Gasteiger partial charge in [-0.25, -0.2) is 13.2 Å². The highest BCUT2D eigenvalue weighted by Gasteiger charge is 2.33. The summed E-state index contributed by atoms with van der Waals surface area (Å²) in [4.78, 5) is 113. The Morgan fingerprint density at radius 3 is 1.32 bits per heavy atom. The minimum absolute atomic E-state index is 0.0143. The Bertz CT molecular complexity index is 2470. The number of carbonyl (C=O) groups excluding carboxylic acids is 6. The lowest BCUT2D eigenvalue weighted by atomic mass is 10.0. The molecule has 25 N–H and O–H groups in total. The number of aliphatic imine (C=N–C) groups is 4. The fraction of sp³-hybridized carbons (Fsp3) is 0.524. The van der Waals surface area contributed by atoms with Crippen molar-refractivity contribution in [3.05, 3.63) is 36.7 Å². The first-order chi connectivity index (χ1) is 34.9.